The topological polar surface area (TPSA) is 191 Å². The van der Waals surface area contributed by atoms with E-state index in [1.54, 1.807) is 45.9 Å². The van der Waals surface area contributed by atoms with E-state index in [-0.39, 0.29) is 25.0 Å². The smallest absolute Gasteiger partial charge is 0.331 e. The minimum atomic E-state index is -2.13. The SMILES string of the molecule is CC(=O)OC1[C@H](OC(C)=O)C2=C(C)[C@@H](OC(C)=O)C[C@@](O)([C@@H](OC(C)=O)[C@@H]3[C@@]4(CO4)[C@@H](OC(=O)C=Cc4ccccc4)C[C@H](OC(C)=O)[C@@]13C)C2(C)C. The number of hydrogen-bond acceptors (Lipinski definition) is 14. The fourth-order valence-corrected chi connectivity index (χ4v) is 9.13. The highest BCUT2D eigenvalue weighted by atomic mass is 16.6. The monoisotopic (exact) mass is 740 g/mol. The number of epoxide rings is 1. The van der Waals surface area contributed by atoms with Crippen molar-refractivity contribution in [2.45, 2.75) is 123 Å². The van der Waals surface area contributed by atoms with E-state index in [0.717, 1.165) is 19.4 Å². The van der Waals surface area contributed by atoms with Crippen LogP contribution in [0.2, 0.25) is 0 Å². The predicted molar refractivity (Wildman–Crippen MR) is 184 cm³/mol. The number of hydrogen-bond donors (Lipinski definition) is 1. The van der Waals surface area contributed by atoms with Crippen molar-refractivity contribution < 1.29 is 67.0 Å². The van der Waals surface area contributed by atoms with Gasteiger partial charge in [-0.3, -0.25) is 24.0 Å². The Morgan fingerprint density at radius 1 is 0.755 bits per heavy atom. The second-order valence-corrected chi connectivity index (χ2v) is 15.1. The first-order valence-corrected chi connectivity index (χ1v) is 17.6. The number of carbonyl (C=O) groups excluding carboxylic acids is 6. The lowest BCUT2D eigenvalue weighted by Gasteiger charge is -2.64. The molecule has 5 rings (SSSR count). The summed E-state index contributed by atoms with van der Waals surface area (Å²) in [5, 5.41) is 13.3. The van der Waals surface area contributed by atoms with Gasteiger partial charge in [0.15, 0.2) is 12.2 Å². The Morgan fingerprint density at radius 3 is 1.83 bits per heavy atom. The number of carbonyl (C=O) groups is 6. The molecular weight excluding hydrogens is 692 g/mol. The Balaban J connectivity index is 1.82. The van der Waals surface area contributed by atoms with Crippen molar-refractivity contribution in [3.8, 4) is 0 Å². The molecule has 1 saturated heterocycles. The van der Waals surface area contributed by atoms with Crippen LogP contribution in [-0.2, 0) is 61.9 Å². The Kier molecular flexibility index (Phi) is 10.7. The predicted octanol–water partition coefficient (Wildman–Crippen LogP) is 3.56. The molecule has 10 atom stereocenters. The number of fused-ring (bicyclic) bond motifs is 4. The number of esters is 6. The third kappa shape index (κ3) is 7.10. The summed E-state index contributed by atoms with van der Waals surface area (Å²) >= 11 is 0. The van der Waals surface area contributed by atoms with E-state index in [9.17, 15) is 33.9 Å². The molecule has 53 heavy (non-hydrogen) atoms. The average Bonchev–Trinajstić information content (AvgIpc) is 3.83. The quantitative estimate of drug-likeness (QED) is 0.134. The lowest BCUT2D eigenvalue weighted by atomic mass is 9.45. The largest absolute Gasteiger partial charge is 0.462 e. The van der Waals surface area contributed by atoms with Crippen LogP contribution in [0, 0.1) is 16.7 Å². The molecule has 1 aromatic carbocycles. The second-order valence-electron chi connectivity index (χ2n) is 15.1. The first-order valence-electron chi connectivity index (χ1n) is 17.6. The second kappa shape index (κ2) is 14.3. The van der Waals surface area contributed by atoms with Gasteiger partial charge in [-0.1, -0.05) is 51.1 Å². The van der Waals surface area contributed by atoms with Crippen molar-refractivity contribution in [1.82, 2.24) is 0 Å². The maximum Gasteiger partial charge on any atom is 0.331 e. The molecule has 1 N–H and O–H groups in total. The minimum Gasteiger partial charge on any atom is -0.462 e. The standard InChI is InChI=1S/C39H48O14/c1-20-27(48-21(2)40)18-39(46)35(52-25(6)44)33-37(9,34(51-24(5)43)32(50-23(4)42)31(20)36(39,7)8)28(49-22(3)41)17-29(38(33)19-47-38)53-30(45)16-15-26-13-11-10-12-14-26/h10-16,27-29,32-35,46H,17-19H2,1-9H3/t27-,28-,29-,32+,33-,34?,35-,37+,38+,39+/m0/s1. The summed E-state index contributed by atoms with van der Waals surface area (Å²) < 4.78 is 42.4. The summed E-state index contributed by atoms with van der Waals surface area (Å²) in [6, 6.07) is 9.04. The molecule has 1 unspecified atom stereocenters. The van der Waals surface area contributed by atoms with Gasteiger partial charge in [-0.25, -0.2) is 4.79 Å². The van der Waals surface area contributed by atoms with Crippen LogP contribution >= 0.6 is 0 Å². The normalized spacial score (nSPS) is 35.5. The zero-order valence-corrected chi connectivity index (χ0v) is 31.5. The third-order valence-electron chi connectivity index (χ3n) is 11.4. The van der Waals surface area contributed by atoms with Crippen LogP contribution < -0.4 is 0 Å². The summed E-state index contributed by atoms with van der Waals surface area (Å²) in [5.41, 5.74) is -5.38. The Labute approximate surface area is 308 Å². The van der Waals surface area contributed by atoms with Crippen LogP contribution in [0.25, 0.3) is 6.08 Å². The first kappa shape index (κ1) is 39.6. The van der Waals surface area contributed by atoms with E-state index < -0.39 is 100 Å². The maximum atomic E-state index is 13.5. The van der Waals surface area contributed by atoms with Gasteiger partial charge in [0.25, 0.3) is 0 Å². The molecule has 1 aliphatic heterocycles. The number of ether oxygens (including phenoxy) is 7. The molecule has 1 aromatic rings. The molecule has 0 amide bonds. The summed E-state index contributed by atoms with van der Waals surface area (Å²) in [7, 11) is 0. The van der Waals surface area contributed by atoms with Gasteiger partial charge in [0.05, 0.1) is 12.0 Å². The molecule has 14 heteroatoms. The molecule has 0 radical (unpaired) electrons. The minimum absolute atomic E-state index is 0.0746. The first-order chi connectivity index (χ1) is 24.7. The van der Waals surface area contributed by atoms with E-state index >= 15 is 0 Å². The van der Waals surface area contributed by atoms with E-state index in [0.29, 0.717) is 5.57 Å². The molecule has 3 aliphatic carbocycles. The molecule has 2 saturated carbocycles. The maximum absolute atomic E-state index is 13.5. The Bertz CT molecular complexity index is 1720. The Morgan fingerprint density at radius 2 is 1.30 bits per heavy atom. The van der Waals surface area contributed by atoms with Gasteiger partial charge in [0, 0.05) is 64.9 Å². The van der Waals surface area contributed by atoms with Gasteiger partial charge in [-0.2, -0.15) is 0 Å². The summed E-state index contributed by atoms with van der Waals surface area (Å²) in [5.74, 6) is -5.81. The number of aliphatic hydroxyl groups is 1. The Hall–Kier alpha value is -4.56. The van der Waals surface area contributed by atoms with Crippen LogP contribution in [0.5, 0.6) is 0 Å². The number of rotatable bonds is 8. The average molecular weight is 741 g/mol. The molecular formula is C39H48O14. The summed E-state index contributed by atoms with van der Waals surface area (Å²) in [6.07, 6.45) is -5.71. The van der Waals surface area contributed by atoms with E-state index in [1.807, 2.05) is 18.2 Å². The molecule has 1 spiro atoms. The summed E-state index contributed by atoms with van der Waals surface area (Å²) in [6.45, 7) is 12.4. The van der Waals surface area contributed by atoms with Crippen molar-refractivity contribution in [3.63, 3.8) is 0 Å². The van der Waals surface area contributed by atoms with Crippen LogP contribution in [0.1, 0.15) is 80.7 Å². The van der Waals surface area contributed by atoms with Gasteiger partial charge < -0.3 is 38.3 Å². The number of benzene rings is 1. The molecule has 1 heterocycles. The molecule has 14 nitrogen and oxygen atoms in total. The van der Waals surface area contributed by atoms with Crippen molar-refractivity contribution in [3.05, 3.63) is 53.1 Å². The van der Waals surface area contributed by atoms with E-state index in [4.69, 9.17) is 33.2 Å². The van der Waals surface area contributed by atoms with E-state index in [2.05, 4.69) is 0 Å². The lowest BCUT2D eigenvalue weighted by molar-refractivity contribution is -0.284. The fraction of sp³-hybridized carbons (Fsp3) is 0.590. The van der Waals surface area contributed by atoms with Gasteiger partial charge in [-0.05, 0) is 29.7 Å². The lowest BCUT2D eigenvalue weighted by Crippen LogP contribution is -2.76. The zero-order chi connectivity index (χ0) is 39.3. The molecule has 288 valence electrons. The third-order valence-corrected chi connectivity index (χ3v) is 11.4. The highest BCUT2D eigenvalue weighted by Crippen LogP contribution is 2.67. The molecule has 2 bridgehead atoms. The van der Waals surface area contributed by atoms with Gasteiger partial charge in [-0.15, -0.1) is 0 Å². The zero-order valence-electron chi connectivity index (χ0n) is 31.5. The fourth-order valence-electron chi connectivity index (χ4n) is 9.13. The van der Waals surface area contributed by atoms with Crippen LogP contribution in [-0.4, -0.2) is 95.4 Å². The van der Waals surface area contributed by atoms with Crippen LogP contribution in [0.3, 0.4) is 0 Å². The molecule has 4 aliphatic rings. The van der Waals surface area contributed by atoms with Crippen molar-refractivity contribution >= 4 is 41.9 Å². The molecule has 3 fully saturated rings. The van der Waals surface area contributed by atoms with Crippen molar-refractivity contribution in [2.24, 2.45) is 16.7 Å². The van der Waals surface area contributed by atoms with Gasteiger partial charge in [0.2, 0.25) is 0 Å². The molecule has 0 aromatic heterocycles. The van der Waals surface area contributed by atoms with Crippen molar-refractivity contribution in [2.75, 3.05) is 6.61 Å². The van der Waals surface area contributed by atoms with Crippen molar-refractivity contribution in [1.29, 1.82) is 0 Å². The van der Waals surface area contributed by atoms with Crippen LogP contribution in [0.4, 0.5) is 0 Å². The van der Waals surface area contributed by atoms with Crippen LogP contribution in [0.15, 0.2) is 47.6 Å². The van der Waals surface area contributed by atoms with Gasteiger partial charge >= 0.3 is 35.8 Å². The van der Waals surface area contributed by atoms with Gasteiger partial charge in [0.1, 0.15) is 35.6 Å². The summed E-state index contributed by atoms with van der Waals surface area (Å²) in [4.78, 5) is 78.1. The highest BCUT2D eigenvalue weighted by molar-refractivity contribution is 5.87. The van der Waals surface area contributed by atoms with E-state index in [1.165, 1.54) is 26.8 Å². The highest BCUT2D eigenvalue weighted by Gasteiger charge is 2.80.